The van der Waals surface area contributed by atoms with Gasteiger partial charge in [-0.15, -0.1) is 0 Å². The summed E-state index contributed by atoms with van der Waals surface area (Å²) in [5.74, 6) is -0.0827. The number of hydrogen-bond acceptors (Lipinski definition) is 3. The average Bonchev–Trinajstić information content (AvgIpc) is 2.13. The summed E-state index contributed by atoms with van der Waals surface area (Å²) in [5.41, 5.74) is 5.94. The Morgan fingerprint density at radius 1 is 1.40 bits per heavy atom. The standard InChI is InChI=1S/C12H25NO2/c1-6-9(2)10(13)11(14)15-8-7-12(3,4)5/h9-10H,6-8,13H2,1-5H3/t9?,10-/m0/s1. The summed E-state index contributed by atoms with van der Waals surface area (Å²) in [5, 5.41) is 0. The van der Waals surface area contributed by atoms with Gasteiger partial charge in [0.1, 0.15) is 6.04 Å². The van der Waals surface area contributed by atoms with Crippen molar-refractivity contribution >= 4 is 5.97 Å². The maximum absolute atomic E-state index is 11.5. The summed E-state index contributed by atoms with van der Waals surface area (Å²) in [6.45, 7) is 10.8. The van der Waals surface area contributed by atoms with Gasteiger partial charge in [-0.3, -0.25) is 4.79 Å². The number of rotatable bonds is 5. The van der Waals surface area contributed by atoms with Gasteiger partial charge in [-0.2, -0.15) is 0 Å². The minimum absolute atomic E-state index is 0.187. The third-order valence-electron chi connectivity index (χ3n) is 2.63. The summed E-state index contributed by atoms with van der Waals surface area (Å²) >= 11 is 0. The van der Waals surface area contributed by atoms with E-state index in [-0.39, 0.29) is 17.3 Å². The summed E-state index contributed by atoms with van der Waals surface area (Å²) in [4.78, 5) is 11.5. The van der Waals surface area contributed by atoms with E-state index in [0.717, 1.165) is 12.8 Å². The average molecular weight is 215 g/mol. The smallest absolute Gasteiger partial charge is 0.323 e. The second-order valence-electron chi connectivity index (χ2n) is 5.39. The Morgan fingerprint density at radius 2 is 1.93 bits per heavy atom. The summed E-state index contributed by atoms with van der Waals surface area (Å²) in [6.07, 6.45) is 1.77. The Bertz CT molecular complexity index is 196. The highest BCUT2D eigenvalue weighted by Crippen LogP contribution is 2.18. The SMILES string of the molecule is CCC(C)[C@H](N)C(=O)OCCC(C)(C)C. The Kier molecular flexibility index (Phi) is 5.88. The van der Waals surface area contributed by atoms with Crippen LogP contribution in [0.2, 0.25) is 0 Å². The van der Waals surface area contributed by atoms with E-state index >= 15 is 0 Å². The molecule has 15 heavy (non-hydrogen) atoms. The number of carbonyl (C=O) groups is 1. The Labute approximate surface area is 93.4 Å². The number of nitrogens with two attached hydrogens (primary N) is 1. The molecule has 0 aliphatic carbocycles. The Balaban J connectivity index is 3.84. The molecule has 2 atom stereocenters. The molecule has 0 spiro atoms. The molecule has 0 radical (unpaired) electrons. The van der Waals surface area contributed by atoms with E-state index in [2.05, 4.69) is 20.8 Å². The van der Waals surface area contributed by atoms with E-state index in [9.17, 15) is 4.79 Å². The van der Waals surface area contributed by atoms with Crippen molar-refractivity contribution in [3.8, 4) is 0 Å². The lowest BCUT2D eigenvalue weighted by molar-refractivity contribution is -0.147. The third-order valence-corrected chi connectivity index (χ3v) is 2.63. The van der Waals surface area contributed by atoms with Gasteiger partial charge < -0.3 is 10.5 Å². The molecular formula is C12H25NO2. The molecule has 3 heteroatoms. The van der Waals surface area contributed by atoms with Gasteiger partial charge in [-0.25, -0.2) is 0 Å². The fraction of sp³-hybridized carbons (Fsp3) is 0.917. The van der Waals surface area contributed by atoms with Crippen LogP contribution in [0.1, 0.15) is 47.5 Å². The molecule has 0 rings (SSSR count). The van der Waals surface area contributed by atoms with Crippen LogP contribution in [0.25, 0.3) is 0 Å². The van der Waals surface area contributed by atoms with Gasteiger partial charge in [-0.1, -0.05) is 41.0 Å². The second-order valence-corrected chi connectivity index (χ2v) is 5.39. The van der Waals surface area contributed by atoms with E-state index in [4.69, 9.17) is 10.5 Å². The highest BCUT2D eigenvalue weighted by Gasteiger charge is 2.21. The fourth-order valence-corrected chi connectivity index (χ4v) is 1.04. The van der Waals surface area contributed by atoms with E-state index < -0.39 is 6.04 Å². The number of esters is 1. The van der Waals surface area contributed by atoms with E-state index in [0.29, 0.717) is 6.61 Å². The molecule has 0 aliphatic heterocycles. The largest absolute Gasteiger partial charge is 0.465 e. The van der Waals surface area contributed by atoms with Gasteiger partial charge >= 0.3 is 5.97 Å². The van der Waals surface area contributed by atoms with E-state index in [1.807, 2.05) is 13.8 Å². The van der Waals surface area contributed by atoms with Gasteiger partial charge in [0, 0.05) is 0 Å². The predicted octanol–water partition coefficient (Wildman–Crippen LogP) is 2.34. The maximum atomic E-state index is 11.5. The van der Waals surface area contributed by atoms with Gasteiger partial charge in [0.25, 0.3) is 0 Å². The normalized spacial score (nSPS) is 15.9. The molecule has 2 N–H and O–H groups in total. The van der Waals surface area contributed by atoms with Crippen molar-refractivity contribution in [2.24, 2.45) is 17.1 Å². The first-order valence-electron chi connectivity index (χ1n) is 5.70. The Hall–Kier alpha value is -0.570. The molecule has 0 bridgehead atoms. The van der Waals surface area contributed by atoms with Crippen LogP contribution < -0.4 is 5.73 Å². The minimum Gasteiger partial charge on any atom is -0.465 e. The molecule has 0 heterocycles. The van der Waals surface area contributed by atoms with Crippen LogP contribution in [0.3, 0.4) is 0 Å². The fourth-order valence-electron chi connectivity index (χ4n) is 1.04. The first-order valence-corrected chi connectivity index (χ1v) is 5.70. The lowest BCUT2D eigenvalue weighted by Crippen LogP contribution is -2.38. The summed E-state index contributed by atoms with van der Waals surface area (Å²) < 4.78 is 5.14. The van der Waals surface area contributed by atoms with Crippen LogP contribution >= 0.6 is 0 Å². The topological polar surface area (TPSA) is 52.3 Å². The summed E-state index contributed by atoms with van der Waals surface area (Å²) in [7, 11) is 0. The molecule has 3 nitrogen and oxygen atoms in total. The highest BCUT2D eigenvalue weighted by molar-refractivity contribution is 5.75. The summed E-state index contributed by atoms with van der Waals surface area (Å²) in [6, 6.07) is -0.477. The van der Waals surface area contributed by atoms with Crippen molar-refractivity contribution in [1.82, 2.24) is 0 Å². The maximum Gasteiger partial charge on any atom is 0.323 e. The second kappa shape index (κ2) is 6.11. The van der Waals surface area contributed by atoms with Crippen molar-refractivity contribution in [3.63, 3.8) is 0 Å². The molecule has 0 aromatic rings. The zero-order valence-corrected chi connectivity index (χ0v) is 10.7. The predicted molar refractivity (Wildman–Crippen MR) is 62.5 cm³/mol. The zero-order valence-electron chi connectivity index (χ0n) is 10.7. The quantitative estimate of drug-likeness (QED) is 0.716. The van der Waals surface area contributed by atoms with Gasteiger partial charge in [-0.05, 0) is 17.8 Å². The van der Waals surface area contributed by atoms with Crippen molar-refractivity contribution in [1.29, 1.82) is 0 Å². The first kappa shape index (κ1) is 14.4. The van der Waals surface area contributed by atoms with Crippen molar-refractivity contribution in [3.05, 3.63) is 0 Å². The molecule has 0 saturated carbocycles. The van der Waals surface area contributed by atoms with Gasteiger partial charge in [0.05, 0.1) is 6.61 Å². The number of ether oxygens (including phenoxy) is 1. The van der Waals surface area contributed by atoms with Gasteiger partial charge in [0.15, 0.2) is 0 Å². The van der Waals surface area contributed by atoms with Crippen LogP contribution in [0.5, 0.6) is 0 Å². The van der Waals surface area contributed by atoms with Crippen molar-refractivity contribution in [2.45, 2.75) is 53.5 Å². The van der Waals surface area contributed by atoms with Crippen LogP contribution in [0.4, 0.5) is 0 Å². The molecule has 0 saturated heterocycles. The molecule has 0 aromatic carbocycles. The zero-order chi connectivity index (χ0) is 12.1. The van der Waals surface area contributed by atoms with E-state index in [1.165, 1.54) is 0 Å². The molecular weight excluding hydrogens is 190 g/mol. The molecule has 0 fully saturated rings. The van der Waals surface area contributed by atoms with Crippen LogP contribution in [-0.4, -0.2) is 18.6 Å². The minimum atomic E-state index is -0.477. The third kappa shape index (κ3) is 6.50. The lowest BCUT2D eigenvalue weighted by atomic mass is 9.93. The molecule has 1 unspecified atom stereocenters. The molecule has 0 amide bonds. The lowest BCUT2D eigenvalue weighted by Gasteiger charge is -2.20. The molecule has 90 valence electrons. The first-order chi connectivity index (χ1) is 6.78. The van der Waals surface area contributed by atoms with E-state index in [1.54, 1.807) is 0 Å². The van der Waals surface area contributed by atoms with Crippen LogP contribution in [0, 0.1) is 11.3 Å². The number of carbonyl (C=O) groups excluding carboxylic acids is 1. The molecule has 0 aliphatic rings. The number of hydrogen-bond donors (Lipinski definition) is 1. The van der Waals surface area contributed by atoms with Gasteiger partial charge in [0.2, 0.25) is 0 Å². The monoisotopic (exact) mass is 215 g/mol. The Morgan fingerprint density at radius 3 is 2.33 bits per heavy atom. The molecule has 0 aromatic heterocycles. The highest BCUT2D eigenvalue weighted by atomic mass is 16.5. The van der Waals surface area contributed by atoms with Crippen molar-refractivity contribution < 1.29 is 9.53 Å². The van der Waals surface area contributed by atoms with Crippen LogP contribution in [0.15, 0.2) is 0 Å². The van der Waals surface area contributed by atoms with Crippen LogP contribution in [-0.2, 0) is 9.53 Å². The van der Waals surface area contributed by atoms with Crippen molar-refractivity contribution in [2.75, 3.05) is 6.61 Å².